The van der Waals surface area contributed by atoms with Gasteiger partial charge in [0.05, 0.1) is 20.6 Å². The van der Waals surface area contributed by atoms with Crippen molar-refractivity contribution < 1.29 is 23.5 Å². The van der Waals surface area contributed by atoms with Gasteiger partial charge in [0.1, 0.15) is 17.3 Å². The Kier molecular flexibility index (Phi) is 6.19. The molecule has 0 fully saturated rings. The summed E-state index contributed by atoms with van der Waals surface area (Å²) in [6, 6.07) is 8.70. The molecule has 25 heavy (non-hydrogen) atoms. The van der Waals surface area contributed by atoms with Crippen molar-refractivity contribution >= 4 is 23.4 Å². The molecule has 0 bridgehead atoms. The molecule has 6 nitrogen and oxygen atoms in total. The van der Waals surface area contributed by atoms with Crippen molar-refractivity contribution in [2.24, 2.45) is 0 Å². The third-order valence-corrected chi connectivity index (χ3v) is 3.68. The van der Waals surface area contributed by atoms with Crippen LogP contribution in [0, 0.1) is 5.82 Å². The maximum absolute atomic E-state index is 13.7. The van der Waals surface area contributed by atoms with Crippen LogP contribution in [0.25, 0.3) is 0 Å². The number of hydrogen-bond acceptors (Lipinski definition) is 4. The van der Waals surface area contributed by atoms with Crippen molar-refractivity contribution in [2.45, 2.75) is 6.42 Å². The lowest BCUT2D eigenvalue weighted by molar-refractivity contribution is -0.121. The van der Waals surface area contributed by atoms with E-state index in [0.29, 0.717) is 11.5 Å². The number of ether oxygens (including phenoxy) is 2. The van der Waals surface area contributed by atoms with E-state index in [-0.39, 0.29) is 22.6 Å². The molecule has 0 radical (unpaired) electrons. The number of amides is 2. The number of halogens is 2. The molecule has 0 aromatic heterocycles. The average Bonchev–Trinajstić information content (AvgIpc) is 2.62. The Labute approximate surface area is 148 Å². The number of rotatable bonds is 5. The lowest BCUT2D eigenvalue weighted by Gasteiger charge is -2.11. The summed E-state index contributed by atoms with van der Waals surface area (Å²) >= 11 is 5.86. The van der Waals surface area contributed by atoms with Crippen LogP contribution in [0.3, 0.4) is 0 Å². The van der Waals surface area contributed by atoms with Crippen LogP contribution >= 0.6 is 11.6 Å². The number of hydrazine groups is 1. The highest BCUT2D eigenvalue weighted by atomic mass is 35.5. The third kappa shape index (κ3) is 4.84. The molecule has 132 valence electrons. The summed E-state index contributed by atoms with van der Waals surface area (Å²) in [5.41, 5.74) is 4.74. The van der Waals surface area contributed by atoms with E-state index in [2.05, 4.69) is 10.9 Å². The lowest BCUT2D eigenvalue weighted by Crippen LogP contribution is -2.42. The van der Waals surface area contributed by atoms with Gasteiger partial charge in [-0.15, -0.1) is 0 Å². The fourth-order valence-electron chi connectivity index (χ4n) is 2.04. The fraction of sp³-hybridized carbons (Fsp3) is 0.176. The van der Waals surface area contributed by atoms with E-state index in [9.17, 15) is 14.0 Å². The van der Waals surface area contributed by atoms with Crippen LogP contribution in [-0.4, -0.2) is 26.0 Å². The van der Waals surface area contributed by atoms with Crippen LogP contribution in [0.1, 0.15) is 15.9 Å². The molecule has 2 aromatic rings. The van der Waals surface area contributed by atoms with E-state index in [0.717, 1.165) is 0 Å². The molecule has 0 aliphatic rings. The molecule has 2 amide bonds. The second kappa shape index (κ2) is 8.34. The molecule has 2 N–H and O–H groups in total. The fourth-order valence-corrected chi connectivity index (χ4v) is 2.27. The maximum Gasteiger partial charge on any atom is 0.269 e. The van der Waals surface area contributed by atoms with Crippen LogP contribution in [0.5, 0.6) is 11.5 Å². The molecule has 0 atom stereocenters. The molecular weight excluding hydrogens is 351 g/mol. The van der Waals surface area contributed by atoms with Crippen LogP contribution in [0.2, 0.25) is 5.02 Å². The highest BCUT2D eigenvalue weighted by molar-refractivity contribution is 6.31. The molecular formula is C17H16ClFN2O4. The van der Waals surface area contributed by atoms with Gasteiger partial charge in [0, 0.05) is 22.2 Å². The topological polar surface area (TPSA) is 76.7 Å². The van der Waals surface area contributed by atoms with Gasteiger partial charge < -0.3 is 9.47 Å². The molecule has 0 heterocycles. The van der Waals surface area contributed by atoms with Crippen molar-refractivity contribution in [3.63, 3.8) is 0 Å². The predicted molar refractivity (Wildman–Crippen MR) is 90.3 cm³/mol. The van der Waals surface area contributed by atoms with Crippen LogP contribution in [-0.2, 0) is 11.2 Å². The third-order valence-electron chi connectivity index (χ3n) is 3.33. The highest BCUT2D eigenvalue weighted by Gasteiger charge is 2.14. The number of benzene rings is 2. The van der Waals surface area contributed by atoms with Gasteiger partial charge in [-0.05, 0) is 24.3 Å². The summed E-state index contributed by atoms with van der Waals surface area (Å²) in [5, 5.41) is 0.138. The number of nitrogens with one attached hydrogen (secondary N) is 2. The van der Waals surface area contributed by atoms with Crippen molar-refractivity contribution in [1.29, 1.82) is 0 Å². The van der Waals surface area contributed by atoms with Crippen LogP contribution in [0.4, 0.5) is 4.39 Å². The van der Waals surface area contributed by atoms with Crippen molar-refractivity contribution in [3.8, 4) is 11.5 Å². The first-order valence-corrected chi connectivity index (χ1v) is 7.57. The Bertz CT molecular complexity index is 756. The second-order valence-electron chi connectivity index (χ2n) is 4.98. The van der Waals surface area contributed by atoms with E-state index >= 15 is 0 Å². The number of carbonyl (C=O) groups is 2. The SMILES string of the molecule is COc1cc(OC)cc(C(=O)NNC(=O)Cc2c(F)cccc2Cl)c1. The zero-order chi connectivity index (χ0) is 18.4. The molecule has 0 spiro atoms. The van der Waals surface area contributed by atoms with Crippen LogP contribution in [0.15, 0.2) is 36.4 Å². The highest BCUT2D eigenvalue weighted by Crippen LogP contribution is 2.22. The monoisotopic (exact) mass is 366 g/mol. The first kappa shape index (κ1) is 18.5. The molecule has 8 heteroatoms. The first-order valence-electron chi connectivity index (χ1n) is 7.19. The average molecular weight is 367 g/mol. The van der Waals surface area contributed by atoms with Gasteiger partial charge >= 0.3 is 0 Å². The van der Waals surface area contributed by atoms with Crippen molar-refractivity contribution in [1.82, 2.24) is 10.9 Å². The standard InChI is InChI=1S/C17H16ClFN2O4/c1-24-11-6-10(7-12(8-11)25-2)17(23)21-20-16(22)9-13-14(18)4-3-5-15(13)19/h3-8H,9H2,1-2H3,(H,20,22)(H,21,23). The number of hydrogen-bond donors (Lipinski definition) is 2. The molecule has 0 saturated heterocycles. The summed E-state index contributed by atoms with van der Waals surface area (Å²) in [6.45, 7) is 0. The summed E-state index contributed by atoms with van der Waals surface area (Å²) in [5.74, 6) is -0.935. The minimum absolute atomic E-state index is 0.0546. The smallest absolute Gasteiger partial charge is 0.269 e. The minimum Gasteiger partial charge on any atom is -0.497 e. The van der Waals surface area contributed by atoms with Crippen LogP contribution < -0.4 is 20.3 Å². The summed E-state index contributed by atoms with van der Waals surface area (Å²) in [7, 11) is 2.91. The number of methoxy groups -OCH3 is 2. The molecule has 2 aromatic carbocycles. The second-order valence-corrected chi connectivity index (χ2v) is 5.39. The van der Waals surface area contributed by atoms with Gasteiger partial charge in [-0.2, -0.15) is 0 Å². The quantitative estimate of drug-likeness (QED) is 0.797. The predicted octanol–water partition coefficient (Wildman–Crippen LogP) is 2.50. The first-order chi connectivity index (χ1) is 11.9. The zero-order valence-electron chi connectivity index (χ0n) is 13.6. The van der Waals surface area contributed by atoms with Crippen molar-refractivity contribution in [3.05, 3.63) is 58.4 Å². The van der Waals surface area contributed by atoms with Gasteiger partial charge in [-0.25, -0.2) is 4.39 Å². The Morgan fingerprint density at radius 3 is 2.28 bits per heavy atom. The lowest BCUT2D eigenvalue weighted by atomic mass is 10.1. The van der Waals surface area contributed by atoms with Gasteiger partial charge in [-0.3, -0.25) is 20.4 Å². The minimum atomic E-state index is -0.616. The Hall–Kier alpha value is -2.80. The van der Waals surface area contributed by atoms with E-state index in [1.165, 1.54) is 44.6 Å². The molecule has 2 rings (SSSR count). The summed E-state index contributed by atoms with van der Waals surface area (Å²) in [4.78, 5) is 24.0. The Balaban J connectivity index is 2.01. The van der Waals surface area contributed by atoms with Gasteiger partial charge in [0.15, 0.2) is 0 Å². The van der Waals surface area contributed by atoms with E-state index in [4.69, 9.17) is 21.1 Å². The summed E-state index contributed by atoms with van der Waals surface area (Å²) in [6.07, 6.45) is -0.312. The maximum atomic E-state index is 13.7. The Morgan fingerprint density at radius 2 is 1.72 bits per heavy atom. The number of carbonyl (C=O) groups excluding carboxylic acids is 2. The molecule has 0 saturated carbocycles. The summed E-state index contributed by atoms with van der Waals surface area (Å²) < 4.78 is 23.8. The zero-order valence-corrected chi connectivity index (χ0v) is 14.3. The largest absolute Gasteiger partial charge is 0.497 e. The van der Waals surface area contributed by atoms with E-state index in [1.54, 1.807) is 6.07 Å². The van der Waals surface area contributed by atoms with Gasteiger partial charge in [0.25, 0.3) is 5.91 Å². The molecule has 0 aliphatic heterocycles. The van der Waals surface area contributed by atoms with Crippen molar-refractivity contribution in [2.75, 3.05) is 14.2 Å². The molecule has 0 aliphatic carbocycles. The molecule has 0 unspecified atom stereocenters. The van der Waals surface area contributed by atoms with Gasteiger partial charge in [0.2, 0.25) is 5.91 Å². The normalized spacial score (nSPS) is 10.1. The van der Waals surface area contributed by atoms with E-state index < -0.39 is 17.6 Å². The van der Waals surface area contributed by atoms with E-state index in [1.807, 2.05) is 0 Å². The Morgan fingerprint density at radius 1 is 1.08 bits per heavy atom. The van der Waals surface area contributed by atoms with Gasteiger partial charge in [-0.1, -0.05) is 17.7 Å².